The van der Waals surface area contributed by atoms with Crippen LogP contribution in [0.3, 0.4) is 0 Å². The highest BCUT2D eigenvalue weighted by atomic mass is 16.6. The van der Waals surface area contributed by atoms with Crippen molar-refractivity contribution < 1.29 is 14.0 Å². The van der Waals surface area contributed by atoms with Crippen molar-refractivity contribution in [1.29, 1.82) is 0 Å². The van der Waals surface area contributed by atoms with Crippen LogP contribution in [0.2, 0.25) is 0 Å². The van der Waals surface area contributed by atoms with Crippen molar-refractivity contribution in [2.75, 3.05) is 13.7 Å². The molecule has 3 rings (SSSR count). The van der Waals surface area contributed by atoms with E-state index in [9.17, 15) is 4.79 Å². The fraction of sp³-hybridized carbons (Fsp3) is 0.158. The number of rotatable bonds is 5. The van der Waals surface area contributed by atoms with Gasteiger partial charge in [-0.2, -0.15) is 0 Å². The van der Waals surface area contributed by atoms with Gasteiger partial charge in [-0.1, -0.05) is 35.5 Å². The lowest BCUT2D eigenvalue weighted by Crippen LogP contribution is -2.08. The van der Waals surface area contributed by atoms with Crippen LogP contribution in [-0.2, 0) is 4.84 Å². The van der Waals surface area contributed by atoms with Crippen LogP contribution < -0.4 is 10.2 Å². The first kappa shape index (κ1) is 15.8. The molecular weight excluding hydrogens is 306 g/mol. The monoisotopic (exact) mass is 323 g/mol. The van der Waals surface area contributed by atoms with E-state index in [1.165, 1.54) is 13.4 Å². The molecule has 0 unspecified atom stereocenters. The number of hydrogen-bond acceptors (Lipinski definition) is 5. The van der Waals surface area contributed by atoms with Gasteiger partial charge in [0.15, 0.2) is 5.43 Å². The Kier molecular flexibility index (Phi) is 4.61. The van der Waals surface area contributed by atoms with Crippen LogP contribution in [0, 0.1) is 0 Å². The molecule has 0 aliphatic heterocycles. The zero-order valence-electron chi connectivity index (χ0n) is 13.5. The molecule has 0 spiro atoms. The van der Waals surface area contributed by atoms with E-state index < -0.39 is 0 Å². The molecule has 24 heavy (non-hydrogen) atoms. The Morgan fingerprint density at radius 2 is 1.96 bits per heavy atom. The first-order valence-corrected chi connectivity index (χ1v) is 7.49. The van der Waals surface area contributed by atoms with E-state index >= 15 is 0 Å². The molecule has 3 aromatic rings. The molecule has 0 N–H and O–H groups in total. The molecule has 0 fully saturated rings. The summed E-state index contributed by atoms with van der Waals surface area (Å²) in [7, 11) is 1.48. The maximum atomic E-state index is 12.7. The summed E-state index contributed by atoms with van der Waals surface area (Å²) in [5, 5.41) is 4.30. The number of ether oxygens (including phenoxy) is 1. The van der Waals surface area contributed by atoms with E-state index in [2.05, 4.69) is 9.99 Å². The molecule has 0 bridgehead atoms. The van der Waals surface area contributed by atoms with E-state index in [0.717, 1.165) is 5.56 Å². The number of fused-ring (bicyclic) bond motifs is 1. The summed E-state index contributed by atoms with van der Waals surface area (Å²) in [6.07, 6.45) is 1.49. The smallest absolute Gasteiger partial charge is 0.200 e. The molecule has 0 aliphatic carbocycles. The highest BCUT2D eigenvalue weighted by molar-refractivity contribution is 5.84. The first-order valence-electron chi connectivity index (χ1n) is 7.49. The molecule has 0 radical (unpaired) electrons. The minimum absolute atomic E-state index is 0.0638. The molecule has 122 valence electrons. The molecule has 2 aromatic carbocycles. The van der Waals surface area contributed by atoms with Gasteiger partial charge in [0, 0.05) is 6.07 Å². The Morgan fingerprint density at radius 3 is 2.71 bits per heavy atom. The van der Waals surface area contributed by atoms with E-state index in [-0.39, 0.29) is 5.43 Å². The summed E-state index contributed by atoms with van der Waals surface area (Å²) >= 11 is 0. The maximum absolute atomic E-state index is 12.7. The van der Waals surface area contributed by atoms with Crippen LogP contribution in [0.4, 0.5) is 0 Å². The molecule has 1 aromatic heterocycles. The van der Waals surface area contributed by atoms with Gasteiger partial charge in [-0.05, 0) is 24.6 Å². The quantitative estimate of drug-likeness (QED) is 0.528. The van der Waals surface area contributed by atoms with Gasteiger partial charge in [-0.25, -0.2) is 0 Å². The SMILES string of the molecule is CO/N=C(\C)COc1ccc2c(=O)c(-c3ccccc3)coc2c1. The van der Waals surface area contributed by atoms with Crippen LogP contribution >= 0.6 is 0 Å². The molecule has 1 heterocycles. The number of hydrogen-bond donors (Lipinski definition) is 0. The number of oxime groups is 1. The van der Waals surface area contributed by atoms with E-state index in [1.807, 2.05) is 30.3 Å². The maximum Gasteiger partial charge on any atom is 0.200 e. The van der Waals surface area contributed by atoms with E-state index in [0.29, 0.717) is 34.6 Å². The Hall–Kier alpha value is -3.08. The summed E-state index contributed by atoms with van der Waals surface area (Å²) in [4.78, 5) is 17.3. The van der Waals surface area contributed by atoms with Crippen LogP contribution in [0.15, 0.2) is 69.2 Å². The lowest BCUT2D eigenvalue weighted by atomic mass is 10.1. The summed E-state index contributed by atoms with van der Waals surface area (Å²) in [5.74, 6) is 0.601. The summed E-state index contributed by atoms with van der Waals surface area (Å²) < 4.78 is 11.2. The molecule has 5 nitrogen and oxygen atoms in total. The second kappa shape index (κ2) is 7.00. The number of benzene rings is 2. The lowest BCUT2D eigenvalue weighted by Gasteiger charge is -2.07. The Bertz CT molecular complexity index is 929. The Labute approximate surface area is 139 Å². The minimum Gasteiger partial charge on any atom is -0.487 e. The average molecular weight is 323 g/mol. The molecule has 0 amide bonds. The van der Waals surface area contributed by atoms with Gasteiger partial charge < -0.3 is 14.0 Å². The Morgan fingerprint density at radius 1 is 1.17 bits per heavy atom. The zero-order valence-corrected chi connectivity index (χ0v) is 13.5. The summed E-state index contributed by atoms with van der Waals surface area (Å²) in [5.41, 5.74) is 2.50. The van der Waals surface area contributed by atoms with Gasteiger partial charge in [0.25, 0.3) is 0 Å². The third-order valence-electron chi connectivity index (χ3n) is 3.53. The highest BCUT2D eigenvalue weighted by Gasteiger charge is 2.10. The molecule has 0 saturated heterocycles. The van der Waals surface area contributed by atoms with Crippen molar-refractivity contribution in [2.24, 2.45) is 5.16 Å². The van der Waals surface area contributed by atoms with Gasteiger partial charge in [0.05, 0.1) is 16.7 Å². The summed E-state index contributed by atoms with van der Waals surface area (Å²) in [6, 6.07) is 14.6. The lowest BCUT2D eigenvalue weighted by molar-refractivity contribution is 0.209. The average Bonchev–Trinajstić information content (AvgIpc) is 2.61. The van der Waals surface area contributed by atoms with Gasteiger partial charge in [-0.3, -0.25) is 4.79 Å². The highest BCUT2D eigenvalue weighted by Crippen LogP contribution is 2.23. The second-order valence-corrected chi connectivity index (χ2v) is 5.30. The zero-order chi connectivity index (χ0) is 16.9. The van der Waals surface area contributed by atoms with Crippen molar-refractivity contribution >= 4 is 16.7 Å². The van der Waals surface area contributed by atoms with Crippen LogP contribution in [0.1, 0.15) is 6.92 Å². The fourth-order valence-electron chi connectivity index (χ4n) is 2.39. The van der Waals surface area contributed by atoms with Crippen LogP contribution in [-0.4, -0.2) is 19.4 Å². The Balaban J connectivity index is 1.93. The molecule has 5 heteroatoms. The second-order valence-electron chi connectivity index (χ2n) is 5.30. The third-order valence-corrected chi connectivity index (χ3v) is 3.53. The largest absolute Gasteiger partial charge is 0.487 e. The topological polar surface area (TPSA) is 61.0 Å². The number of nitrogens with zero attached hydrogens (tertiary/aromatic N) is 1. The van der Waals surface area contributed by atoms with Crippen molar-refractivity contribution in [1.82, 2.24) is 0 Å². The van der Waals surface area contributed by atoms with Gasteiger partial charge >= 0.3 is 0 Å². The minimum atomic E-state index is -0.0638. The molecule has 0 atom stereocenters. The van der Waals surface area contributed by atoms with E-state index in [1.54, 1.807) is 25.1 Å². The van der Waals surface area contributed by atoms with Crippen molar-refractivity contribution in [3.05, 3.63) is 65.0 Å². The molecular formula is C19H17NO4. The van der Waals surface area contributed by atoms with Gasteiger partial charge in [0.1, 0.15) is 31.3 Å². The normalized spacial score (nSPS) is 11.5. The molecule has 0 saturated carbocycles. The predicted molar refractivity (Wildman–Crippen MR) is 93.5 cm³/mol. The van der Waals surface area contributed by atoms with Crippen LogP contribution in [0.25, 0.3) is 22.1 Å². The van der Waals surface area contributed by atoms with Crippen LogP contribution in [0.5, 0.6) is 5.75 Å². The first-order chi connectivity index (χ1) is 11.7. The van der Waals surface area contributed by atoms with Crippen molar-refractivity contribution in [3.8, 4) is 16.9 Å². The summed E-state index contributed by atoms with van der Waals surface area (Å²) in [6.45, 7) is 2.10. The van der Waals surface area contributed by atoms with E-state index in [4.69, 9.17) is 9.15 Å². The van der Waals surface area contributed by atoms with Gasteiger partial charge in [0.2, 0.25) is 0 Å². The fourth-order valence-corrected chi connectivity index (χ4v) is 2.39. The van der Waals surface area contributed by atoms with Crippen molar-refractivity contribution in [2.45, 2.75) is 6.92 Å². The predicted octanol–water partition coefficient (Wildman–Crippen LogP) is 3.86. The molecule has 0 aliphatic rings. The van der Waals surface area contributed by atoms with Crippen molar-refractivity contribution in [3.63, 3.8) is 0 Å². The standard InChI is InChI=1S/C19H17NO4/c1-13(20-22-2)11-23-15-8-9-16-18(10-15)24-12-17(19(16)21)14-6-4-3-5-7-14/h3-10,12H,11H2,1-2H3/b20-13+. The van der Waals surface area contributed by atoms with Gasteiger partial charge in [-0.15, -0.1) is 0 Å². The third kappa shape index (κ3) is 3.30.